The van der Waals surface area contributed by atoms with Crippen LogP contribution in [0.1, 0.15) is 50.5 Å². The van der Waals surface area contributed by atoms with Crippen LogP contribution in [-0.4, -0.2) is 47.1 Å². The third-order valence-electron chi connectivity index (χ3n) is 5.43. The summed E-state index contributed by atoms with van der Waals surface area (Å²) in [5.41, 5.74) is 0.823. The van der Waals surface area contributed by atoms with Gasteiger partial charge in [0.05, 0.1) is 6.54 Å². The third kappa shape index (κ3) is 5.27. The van der Waals surface area contributed by atoms with Crippen molar-refractivity contribution in [2.45, 2.75) is 57.0 Å². The van der Waals surface area contributed by atoms with Gasteiger partial charge in [0.25, 0.3) is 0 Å². The minimum Gasteiger partial charge on any atom is -0.480 e. The van der Waals surface area contributed by atoms with E-state index in [-0.39, 0.29) is 36.3 Å². The van der Waals surface area contributed by atoms with Crippen LogP contribution in [0.5, 0.6) is 0 Å². The van der Waals surface area contributed by atoms with Crippen molar-refractivity contribution in [3.05, 3.63) is 35.6 Å². The third-order valence-corrected chi connectivity index (χ3v) is 5.43. The molecule has 0 bridgehead atoms. The molecule has 0 aromatic heterocycles. The van der Waals surface area contributed by atoms with Gasteiger partial charge in [-0.05, 0) is 55.2 Å². The first-order valence-corrected chi connectivity index (χ1v) is 9.41. The number of hydrogen-bond acceptors (Lipinski definition) is 3. The molecule has 2 aliphatic carbocycles. The second-order valence-electron chi connectivity index (χ2n) is 7.82. The molecule has 0 heterocycles. The molecule has 2 aliphatic rings. The minimum atomic E-state index is -0.790. The van der Waals surface area contributed by atoms with Crippen LogP contribution in [0.2, 0.25) is 0 Å². The van der Waals surface area contributed by atoms with Gasteiger partial charge in [0.15, 0.2) is 0 Å². The fraction of sp³-hybridized carbons (Fsp3) is 0.600. The Morgan fingerprint density at radius 1 is 1.35 bits per heavy atom. The largest absolute Gasteiger partial charge is 0.480 e. The summed E-state index contributed by atoms with van der Waals surface area (Å²) in [6.45, 7) is 2.86. The molecule has 2 N–H and O–H groups in total. The van der Waals surface area contributed by atoms with Gasteiger partial charge in [0.2, 0.25) is 5.91 Å². The van der Waals surface area contributed by atoms with Crippen molar-refractivity contribution >= 4 is 11.9 Å². The van der Waals surface area contributed by atoms with Gasteiger partial charge in [0.1, 0.15) is 5.82 Å². The van der Waals surface area contributed by atoms with Gasteiger partial charge >= 0.3 is 5.97 Å². The fourth-order valence-corrected chi connectivity index (χ4v) is 3.65. The first-order valence-electron chi connectivity index (χ1n) is 9.41. The number of hydrogen-bond donors (Lipinski definition) is 2. The normalized spacial score (nSPS) is 23.3. The zero-order valence-electron chi connectivity index (χ0n) is 15.2. The van der Waals surface area contributed by atoms with Crippen molar-refractivity contribution in [1.29, 1.82) is 0 Å². The Morgan fingerprint density at radius 2 is 2.08 bits per heavy atom. The minimum absolute atomic E-state index is 0.0304. The number of carbonyl (C=O) groups is 2. The number of rotatable bonds is 9. The summed E-state index contributed by atoms with van der Waals surface area (Å²) in [7, 11) is 0. The molecule has 1 atom stereocenters. The Morgan fingerprint density at radius 3 is 2.69 bits per heavy atom. The predicted octanol–water partition coefficient (Wildman–Crippen LogP) is 2.76. The molecule has 6 heteroatoms. The topological polar surface area (TPSA) is 69.6 Å². The monoisotopic (exact) mass is 362 g/mol. The van der Waals surface area contributed by atoms with Gasteiger partial charge in [-0.1, -0.05) is 19.1 Å². The molecule has 0 saturated heterocycles. The lowest BCUT2D eigenvalue weighted by molar-refractivity contribution is -0.140. The van der Waals surface area contributed by atoms with Crippen LogP contribution in [0.15, 0.2) is 24.3 Å². The first kappa shape index (κ1) is 18.8. The fourth-order valence-electron chi connectivity index (χ4n) is 3.65. The molecule has 26 heavy (non-hydrogen) atoms. The van der Waals surface area contributed by atoms with E-state index in [9.17, 15) is 14.0 Å². The number of nitrogens with one attached hydrogen (secondary N) is 1. The van der Waals surface area contributed by atoms with Gasteiger partial charge in [-0.3, -0.25) is 14.5 Å². The van der Waals surface area contributed by atoms with Gasteiger partial charge < -0.3 is 10.4 Å². The van der Waals surface area contributed by atoms with Crippen molar-refractivity contribution < 1.29 is 19.1 Å². The lowest BCUT2D eigenvalue weighted by atomic mass is 9.84. The highest BCUT2D eigenvalue weighted by molar-refractivity contribution is 5.77. The van der Waals surface area contributed by atoms with E-state index in [0.29, 0.717) is 12.3 Å². The van der Waals surface area contributed by atoms with Crippen molar-refractivity contribution in [1.82, 2.24) is 10.2 Å². The SMILES string of the molecule is CC(CC(=O)NC1CC(N(CC(=O)O)CC2CC2)C1)c1cccc(F)c1. The second kappa shape index (κ2) is 8.16. The van der Waals surface area contributed by atoms with E-state index < -0.39 is 5.97 Å². The molecule has 0 spiro atoms. The van der Waals surface area contributed by atoms with Crippen molar-refractivity contribution in [2.24, 2.45) is 5.92 Å². The van der Waals surface area contributed by atoms with Gasteiger partial charge in [-0.25, -0.2) is 4.39 Å². The van der Waals surface area contributed by atoms with E-state index in [0.717, 1.165) is 24.9 Å². The number of nitrogens with zero attached hydrogens (tertiary/aromatic N) is 1. The molecule has 1 aromatic carbocycles. The molecule has 5 nitrogen and oxygen atoms in total. The Bertz CT molecular complexity index is 656. The highest BCUT2D eigenvalue weighted by atomic mass is 19.1. The van der Waals surface area contributed by atoms with Crippen LogP contribution < -0.4 is 5.32 Å². The number of aliphatic carboxylic acids is 1. The van der Waals surface area contributed by atoms with E-state index in [1.165, 1.54) is 25.0 Å². The summed E-state index contributed by atoms with van der Waals surface area (Å²) in [4.78, 5) is 25.4. The van der Waals surface area contributed by atoms with Crippen molar-refractivity contribution in [2.75, 3.05) is 13.1 Å². The zero-order chi connectivity index (χ0) is 18.7. The molecule has 1 unspecified atom stereocenters. The molecule has 2 fully saturated rings. The molecule has 0 radical (unpaired) electrons. The predicted molar refractivity (Wildman–Crippen MR) is 96.3 cm³/mol. The molecular weight excluding hydrogens is 335 g/mol. The summed E-state index contributed by atoms with van der Waals surface area (Å²) < 4.78 is 13.3. The molecule has 1 aromatic rings. The summed E-state index contributed by atoms with van der Waals surface area (Å²) in [5.74, 6) is -0.500. The molecule has 2 saturated carbocycles. The number of carboxylic acid groups (broad SMARTS) is 1. The summed E-state index contributed by atoms with van der Waals surface area (Å²) in [6.07, 6.45) is 4.33. The molecule has 142 valence electrons. The van der Waals surface area contributed by atoms with E-state index in [1.54, 1.807) is 6.07 Å². The second-order valence-corrected chi connectivity index (χ2v) is 7.82. The van der Waals surface area contributed by atoms with Crippen LogP contribution in [0.3, 0.4) is 0 Å². The van der Waals surface area contributed by atoms with E-state index in [2.05, 4.69) is 10.2 Å². The van der Waals surface area contributed by atoms with Crippen LogP contribution in [0.25, 0.3) is 0 Å². The standard InChI is InChI=1S/C20H27FN2O3/c1-13(15-3-2-4-16(21)8-15)7-19(24)22-17-9-18(10-17)23(12-20(25)26)11-14-5-6-14/h2-4,8,13-14,17-18H,5-7,9-12H2,1H3,(H,22,24)(H,25,26). The Kier molecular flexibility index (Phi) is 5.91. The van der Waals surface area contributed by atoms with Crippen molar-refractivity contribution in [3.8, 4) is 0 Å². The van der Waals surface area contributed by atoms with Gasteiger partial charge in [-0.2, -0.15) is 0 Å². The Hall–Kier alpha value is -1.95. The number of benzene rings is 1. The molecule has 0 aliphatic heterocycles. The summed E-state index contributed by atoms with van der Waals surface area (Å²) in [5, 5.41) is 12.1. The van der Waals surface area contributed by atoms with Gasteiger partial charge in [0, 0.05) is 25.0 Å². The number of amides is 1. The molecule has 3 rings (SSSR count). The first-order chi connectivity index (χ1) is 12.4. The lowest BCUT2D eigenvalue weighted by Gasteiger charge is -2.42. The number of carbonyl (C=O) groups excluding carboxylic acids is 1. The smallest absolute Gasteiger partial charge is 0.317 e. The summed E-state index contributed by atoms with van der Waals surface area (Å²) in [6, 6.07) is 6.73. The average Bonchev–Trinajstić information content (AvgIpc) is 3.33. The maximum atomic E-state index is 13.3. The Balaban J connectivity index is 1.42. The lowest BCUT2D eigenvalue weighted by Crippen LogP contribution is -2.55. The molecule has 1 amide bonds. The highest BCUT2D eigenvalue weighted by Gasteiger charge is 2.37. The van der Waals surface area contributed by atoms with Crippen LogP contribution in [0, 0.1) is 11.7 Å². The average molecular weight is 362 g/mol. The zero-order valence-corrected chi connectivity index (χ0v) is 15.2. The van der Waals surface area contributed by atoms with E-state index in [4.69, 9.17) is 5.11 Å². The maximum Gasteiger partial charge on any atom is 0.317 e. The van der Waals surface area contributed by atoms with Crippen LogP contribution >= 0.6 is 0 Å². The highest BCUT2D eigenvalue weighted by Crippen LogP contribution is 2.34. The Labute approximate surface area is 153 Å². The molecular formula is C20H27FN2O3. The van der Waals surface area contributed by atoms with E-state index >= 15 is 0 Å². The van der Waals surface area contributed by atoms with Crippen LogP contribution in [0.4, 0.5) is 4.39 Å². The summed E-state index contributed by atoms with van der Waals surface area (Å²) >= 11 is 0. The maximum absolute atomic E-state index is 13.3. The quantitative estimate of drug-likeness (QED) is 0.709. The van der Waals surface area contributed by atoms with Crippen molar-refractivity contribution in [3.63, 3.8) is 0 Å². The van der Waals surface area contributed by atoms with Gasteiger partial charge in [-0.15, -0.1) is 0 Å². The number of carboxylic acids is 1. The van der Waals surface area contributed by atoms with Crippen LogP contribution in [-0.2, 0) is 9.59 Å². The number of halogens is 1. The van der Waals surface area contributed by atoms with E-state index in [1.807, 2.05) is 13.0 Å².